The van der Waals surface area contributed by atoms with E-state index >= 15 is 0 Å². The lowest BCUT2D eigenvalue weighted by Gasteiger charge is -2.37. The number of hydrogen-bond acceptors (Lipinski definition) is 9. The molecule has 1 unspecified atom stereocenters. The number of anilines is 2. The van der Waals surface area contributed by atoms with Crippen LogP contribution in [0.3, 0.4) is 0 Å². The fourth-order valence-corrected chi connectivity index (χ4v) is 5.55. The van der Waals surface area contributed by atoms with Crippen LogP contribution in [0.25, 0.3) is 0 Å². The molecule has 5 rings (SSSR count). The van der Waals surface area contributed by atoms with E-state index in [0.717, 1.165) is 37.4 Å². The van der Waals surface area contributed by atoms with E-state index < -0.39 is 12.1 Å². The van der Waals surface area contributed by atoms with E-state index in [0.29, 0.717) is 42.4 Å². The van der Waals surface area contributed by atoms with E-state index in [4.69, 9.17) is 23.7 Å². The first-order chi connectivity index (χ1) is 20.9. The summed E-state index contributed by atoms with van der Waals surface area (Å²) in [5.41, 5.74) is 3.43. The van der Waals surface area contributed by atoms with Crippen LogP contribution in [-0.4, -0.2) is 90.6 Å². The molecule has 0 radical (unpaired) electrons. The molecular formula is C33H39N3O7. The van der Waals surface area contributed by atoms with Crippen LogP contribution in [0, 0.1) is 0 Å². The number of ether oxygens (including phenoxy) is 5. The minimum atomic E-state index is -0.565. The summed E-state index contributed by atoms with van der Waals surface area (Å²) in [6.07, 6.45) is 0.647. The van der Waals surface area contributed by atoms with Crippen molar-refractivity contribution in [3.8, 4) is 23.0 Å². The Morgan fingerprint density at radius 2 is 1.56 bits per heavy atom. The molecule has 2 aliphatic heterocycles. The molecule has 0 aliphatic carbocycles. The van der Waals surface area contributed by atoms with E-state index in [1.165, 1.54) is 27.0 Å². The molecule has 228 valence electrons. The summed E-state index contributed by atoms with van der Waals surface area (Å²) in [6, 6.07) is 19.3. The van der Waals surface area contributed by atoms with E-state index in [1.54, 1.807) is 24.1 Å². The van der Waals surface area contributed by atoms with Gasteiger partial charge in [-0.2, -0.15) is 0 Å². The number of benzene rings is 3. The van der Waals surface area contributed by atoms with Gasteiger partial charge < -0.3 is 33.5 Å². The number of para-hydroxylation sites is 1. The summed E-state index contributed by atoms with van der Waals surface area (Å²) in [6.45, 7) is 4.01. The number of carbonyl (C=O) groups is 2. The lowest BCUT2D eigenvalue weighted by molar-refractivity contribution is -0.118. The average molecular weight is 590 g/mol. The summed E-state index contributed by atoms with van der Waals surface area (Å²) in [7, 11) is 6.29. The molecule has 3 aromatic rings. The summed E-state index contributed by atoms with van der Waals surface area (Å²) in [5.74, 6) is 1.30. The van der Waals surface area contributed by atoms with Crippen molar-refractivity contribution in [2.75, 3.05) is 77.5 Å². The highest BCUT2D eigenvalue weighted by atomic mass is 16.6. The second-order valence-corrected chi connectivity index (χ2v) is 10.6. The van der Waals surface area contributed by atoms with Crippen LogP contribution in [-0.2, 0) is 16.0 Å². The van der Waals surface area contributed by atoms with Crippen molar-refractivity contribution in [1.82, 2.24) is 4.90 Å². The van der Waals surface area contributed by atoms with Crippen LogP contribution in [0.2, 0.25) is 0 Å². The maximum absolute atomic E-state index is 13.5. The number of carbonyl (C=O) groups excluding carboxylic acids is 2. The first kappa shape index (κ1) is 30.0. The maximum atomic E-state index is 13.5. The van der Waals surface area contributed by atoms with Gasteiger partial charge in [0.05, 0.1) is 32.6 Å². The molecule has 0 spiro atoms. The van der Waals surface area contributed by atoms with Crippen molar-refractivity contribution < 1.29 is 33.3 Å². The number of rotatable bonds is 11. The standard InChI is InChI=1S/C33H39N3O7/c1-34-28-20-26(12-10-23(28)11-13-31(34)37)42-22-27(21-35-14-16-36(17-15-35)25-8-6-5-7-9-25)43-33(38)24-18-29(39-2)32(41-4)30(19-24)40-3/h5-10,12,18-20,27H,11,13-17,21-22H2,1-4H3. The molecule has 1 fully saturated rings. The number of fused-ring (bicyclic) bond motifs is 1. The molecular weight excluding hydrogens is 550 g/mol. The minimum Gasteiger partial charge on any atom is -0.493 e. The minimum absolute atomic E-state index is 0.0800. The van der Waals surface area contributed by atoms with Crippen LogP contribution in [0.4, 0.5) is 11.4 Å². The van der Waals surface area contributed by atoms with E-state index in [2.05, 4.69) is 21.9 Å². The molecule has 10 nitrogen and oxygen atoms in total. The van der Waals surface area contributed by atoms with Gasteiger partial charge in [-0.15, -0.1) is 0 Å². The highest BCUT2D eigenvalue weighted by molar-refractivity contribution is 5.96. The van der Waals surface area contributed by atoms with Crippen LogP contribution >= 0.6 is 0 Å². The van der Waals surface area contributed by atoms with Gasteiger partial charge in [0.2, 0.25) is 11.7 Å². The number of hydrogen-bond donors (Lipinski definition) is 0. The normalized spacial score (nSPS) is 15.9. The maximum Gasteiger partial charge on any atom is 0.338 e. The number of aryl methyl sites for hydroxylation is 1. The number of methoxy groups -OCH3 is 3. The predicted molar refractivity (Wildman–Crippen MR) is 164 cm³/mol. The van der Waals surface area contributed by atoms with Crippen molar-refractivity contribution in [3.05, 3.63) is 71.8 Å². The highest BCUT2D eigenvalue weighted by Crippen LogP contribution is 2.38. The first-order valence-electron chi connectivity index (χ1n) is 14.5. The second kappa shape index (κ2) is 13.7. The Morgan fingerprint density at radius 1 is 0.860 bits per heavy atom. The molecule has 0 N–H and O–H groups in total. The summed E-state index contributed by atoms with van der Waals surface area (Å²) >= 11 is 0. The van der Waals surface area contributed by atoms with Gasteiger partial charge in [0.25, 0.3) is 0 Å². The van der Waals surface area contributed by atoms with Gasteiger partial charge in [-0.1, -0.05) is 24.3 Å². The Morgan fingerprint density at radius 3 is 2.21 bits per heavy atom. The van der Waals surface area contributed by atoms with Gasteiger partial charge in [-0.3, -0.25) is 9.69 Å². The average Bonchev–Trinajstić information content (AvgIpc) is 3.05. The van der Waals surface area contributed by atoms with Crippen molar-refractivity contribution in [2.24, 2.45) is 0 Å². The van der Waals surface area contributed by atoms with Crippen LogP contribution in [0.15, 0.2) is 60.7 Å². The Labute approximate surface area is 252 Å². The third-order valence-corrected chi connectivity index (χ3v) is 7.97. The molecule has 2 heterocycles. The van der Waals surface area contributed by atoms with E-state index in [-0.39, 0.29) is 18.1 Å². The third kappa shape index (κ3) is 6.97. The molecule has 1 atom stereocenters. The third-order valence-electron chi connectivity index (χ3n) is 7.97. The zero-order chi connectivity index (χ0) is 30.3. The number of piperazine rings is 1. The highest BCUT2D eigenvalue weighted by Gasteiger charge is 2.26. The summed E-state index contributed by atoms with van der Waals surface area (Å²) in [5, 5.41) is 0. The van der Waals surface area contributed by atoms with Crippen molar-refractivity contribution >= 4 is 23.3 Å². The van der Waals surface area contributed by atoms with E-state index in [9.17, 15) is 9.59 Å². The lowest BCUT2D eigenvalue weighted by Crippen LogP contribution is -2.50. The van der Waals surface area contributed by atoms with Gasteiger partial charge in [0, 0.05) is 57.9 Å². The van der Waals surface area contributed by atoms with Crippen molar-refractivity contribution in [2.45, 2.75) is 18.9 Å². The van der Waals surface area contributed by atoms with Crippen molar-refractivity contribution in [3.63, 3.8) is 0 Å². The smallest absolute Gasteiger partial charge is 0.338 e. The Bertz CT molecular complexity index is 1400. The van der Waals surface area contributed by atoms with Gasteiger partial charge in [-0.25, -0.2) is 4.79 Å². The Kier molecular flexibility index (Phi) is 9.56. The monoisotopic (exact) mass is 589 g/mol. The van der Waals surface area contributed by atoms with Crippen LogP contribution < -0.4 is 28.7 Å². The van der Waals surface area contributed by atoms with Crippen LogP contribution in [0.5, 0.6) is 23.0 Å². The molecule has 2 aliphatic rings. The number of nitrogens with zero attached hydrogens (tertiary/aromatic N) is 3. The van der Waals surface area contributed by atoms with Crippen molar-refractivity contribution in [1.29, 1.82) is 0 Å². The lowest BCUT2D eigenvalue weighted by atomic mass is 10.0. The second-order valence-electron chi connectivity index (χ2n) is 10.6. The summed E-state index contributed by atoms with van der Waals surface area (Å²) < 4.78 is 28.5. The fourth-order valence-electron chi connectivity index (χ4n) is 5.55. The zero-order valence-electron chi connectivity index (χ0n) is 25.2. The van der Waals surface area contributed by atoms with Gasteiger partial charge in [0.15, 0.2) is 11.5 Å². The van der Waals surface area contributed by atoms with Gasteiger partial charge in [-0.05, 0) is 42.3 Å². The SMILES string of the molecule is COc1cc(C(=O)OC(COc2ccc3c(c2)N(C)C(=O)CC3)CN2CCN(c3ccccc3)CC2)cc(OC)c1OC. The molecule has 1 saturated heterocycles. The topological polar surface area (TPSA) is 90.0 Å². The van der Waals surface area contributed by atoms with E-state index in [1.807, 2.05) is 36.4 Å². The number of esters is 1. The summed E-state index contributed by atoms with van der Waals surface area (Å²) in [4.78, 5) is 32.0. The largest absolute Gasteiger partial charge is 0.493 e. The molecule has 43 heavy (non-hydrogen) atoms. The molecule has 0 aromatic heterocycles. The number of amides is 1. The molecule has 0 saturated carbocycles. The zero-order valence-corrected chi connectivity index (χ0v) is 25.2. The van der Waals surface area contributed by atoms with Crippen LogP contribution in [0.1, 0.15) is 22.3 Å². The molecule has 0 bridgehead atoms. The quantitative estimate of drug-likeness (QED) is 0.307. The molecule has 3 aromatic carbocycles. The Hall–Kier alpha value is -4.44. The fraction of sp³-hybridized carbons (Fsp3) is 0.394. The molecule has 10 heteroatoms. The van der Waals surface area contributed by atoms with Gasteiger partial charge in [0.1, 0.15) is 18.5 Å². The molecule has 1 amide bonds. The Balaban J connectivity index is 1.31. The first-order valence-corrected chi connectivity index (χ1v) is 14.5. The predicted octanol–water partition coefficient (Wildman–Crippen LogP) is 4.05. The van der Waals surface area contributed by atoms with Gasteiger partial charge >= 0.3 is 5.97 Å².